The van der Waals surface area contributed by atoms with Crippen molar-refractivity contribution in [1.29, 1.82) is 0 Å². The zero-order chi connectivity index (χ0) is 41.6. The number of Topliss-reactive ketones (excluding diaryl/α,β-unsaturated/α-hetero) is 2. The van der Waals surface area contributed by atoms with Crippen molar-refractivity contribution >= 4 is 35.0 Å². The fourth-order valence-electron chi connectivity index (χ4n) is 5.95. The number of amides is 3. The standard InChI is InChI=1S/C45H63N3O9/c1-33(2)39(44(53)47-34(3)41(50)17-21-45(4,5)6)31-38(49)19-23-54-25-27-56-29-30-57-28-26-55-24-20-42(51)46-22-18-43(52)48-32-37-13-8-7-11-35(37)15-16-36-12-9-10-14-40(36)48/h7-14,33-34,39H,17-32H2,1-6H3,(H,46,51)(H,47,53)/t34-,39-/m0/s1. The van der Waals surface area contributed by atoms with Crippen molar-refractivity contribution in [2.24, 2.45) is 17.3 Å². The summed E-state index contributed by atoms with van der Waals surface area (Å²) in [4.78, 5) is 65.4. The molecule has 0 aromatic heterocycles. The Balaban J connectivity index is 1.16. The van der Waals surface area contributed by atoms with Crippen molar-refractivity contribution in [1.82, 2.24) is 10.6 Å². The second kappa shape index (κ2) is 25.1. The molecule has 3 rings (SSSR count). The molecule has 0 radical (unpaired) electrons. The van der Waals surface area contributed by atoms with E-state index in [4.69, 9.17) is 18.9 Å². The van der Waals surface area contributed by atoms with Crippen molar-refractivity contribution in [2.75, 3.05) is 64.3 Å². The van der Waals surface area contributed by atoms with Gasteiger partial charge in [-0.15, -0.1) is 0 Å². The number of ketones is 2. The summed E-state index contributed by atoms with van der Waals surface area (Å²) in [5.74, 6) is 5.22. The molecule has 312 valence electrons. The number of ether oxygens (including phenoxy) is 4. The Hall–Kier alpha value is -4.41. The van der Waals surface area contributed by atoms with Gasteiger partial charge in [0.05, 0.1) is 71.1 Å². The molecule has 3 amide bonds. The third kappa shape index (κ3) is 18.2. The van der Waals surface area contributed by atoms with Gasteiger partial charge in [0.15, 0.2) is 5.78 Å². The molecule has 1 aliphatic heterocycles. The maximum absolute atomic E-state index is 13.3. The molecule has 0 fully saturated rings. The lowest BCUT2D eigenvalue weighted by Crippen LogP contribution is -2.43. The molecule has 0 unspecified atom stereocenters. The summed E-state index contributed by atoms with van der Waals surface area (Å²) < 4.78 is 22.1. The summed E-state index contributed by atoms with van der Waals surface area (Å²) >= 11 is 0. The first-order valence-corrected chi connectivity index (χ1v) is 20.2. The van der Waals surface area contributed by atoms with E-state index in [2.05, 4.69) is 43.2 Å². The minimum absolute atomic E-state index is 0.00386. The molecule has 0 saturated heterocycles. The van der Waals surface area contributed by atoms with Gasteiger partial charge in [0.25, 0.3) is 0 Å². The van der Waals surface area contributed by atoms with Crippen LogP contribution in [0.1, 0.15) is 96.8 Å². The number of hydrogen-bond acceptors (Lipinski definition) is 9. The molecular formula is C45H63N3O9. The number of nitrogens with one attached hydrogen (secondary N) is 2. The number of carbonyl (C=O) groups is 5. The van der Waals surface area contributed by atoms with E-state index in [0.29, 0.717) is 52.6 Å². The summed E-state index contributed by atoms with van der Waals surface area (Å²) in [5, 5.41) is 5.62. The second-order valence-corrected chi connectivity index (χ2v) is 15.8. The number of fused-ring (bicyclic) bond motifs is 2. The highest BCUT2D eigenvalue weighted by Gasteiger charge is 2.28. The van der Waals surface area contributed by atoms with Gasteiger partial charge in [0.1, 0.15) is 5.78 Å². The molecule has 2 atom stereocenters. The first kappa shape index (κ1) is 47.0. The van der Waals surface area contributed by atoms with Gasteiger partial charge >= 0.3 is 0 Å². The zero-order valence-corrected chi connectivity index (χ0v) is 34.8. The third-order valence-electron chi connectivity index (χ3n) is 9.50. The molecule has 12 nitrogen and oxygen atoms in total. The lowest BCUT2D eigenvalue weighted by Gasteiger charge is -2.26. The van der Waals surface area contributed by atoms with Gasteiger partial charge in [0.2, 0.25) is 17.7 Å². The fourth-order valence-corrected chi connectivity index (χ4v) is 5.95. The summed E-state index contributed by atoms with van der Waals surface area (Å²) in [5.41, 5.74) is 3.46. The Bertz CT molecular complexity index is 1670. The maximum Gasteiger partial charge on any atom is 0.229 e. The van der Waals surface area contributed by atoms with Crippen LogP contribution < -0.4 is 15.5 Å². The Kier molecular flexibility index (Phi) is 20.6. The Labute approximate surface area is 339 Å². The smallest absolute Gasteiger partial charge is 0.229 e. The second-order valence-electron chi connectivity index (χ2n) is 15.8. The first-order chi connectivity index (χ1) is 27.2. The molecule has 12 heteroatoms. The van der Waals surface area contributed by atoms with Crippen LogP contribution in [0.5, 0.6) is 0 Å². The third-order valence-corrected chi connectivity index (χ3v) is 9.50. The highest BCUT2D eigenvalue weighted by molar-refractivity contribution is 5.95. The maximum atomic E-state index is 13.3. The number of anilines is 1. The van der Waals surface area contributed by atoms with Gasteiger partial charge in [-0.2, -0.15) is 0 Å². The molecule has 2 N–H and O–H groups in total. The molecule has 1 heterocycles. The van der Waals surface area contributed by atoms with Crippen LogP contribution in [0.3, 0.4) is 0 Å². The van der Waals surface area contributed by atoms with E-state index in [-0.39, 0.29) is 86.1 Å². The Morgan fingerprint density at radius 2 is 1.28 bits per heavy atom. The zero-order valence-electron chi connectivity index (χ0n) is 34.8. The molecule has 1 aliphatic rings. The van der Waals surface area contributed by atoms with Crippen LogP contribution in [0.25, 0.3) is 0 Å². The molecular weight excluding hydrogens is 727 g/mol. The number of hydrogen-bond donors (Lipinski definition) is 2. The van der Waals surface area contributed by atoms with Crippen LogP contribution >= 0.6 is 0 Å². The average Bonchev–Trinajstić information content (AvgIpc) is 3.16. The van der Waals surface area contributed by atoms with Crippen LogP contribution in [-0.4, -0.2) is 94.7 Å². The number of benzene rings is 2. The van der Waals surface area contributed by atoms with Gasteiger partial charge < -0.3 is 34.5 Å². The molecule has 0 aliphatic carbocycles. The molecule has 2 aromatic carbocycles. The van der Waals surface area contributed by atoms with Crippen LogP contribution in [0, 0.1) is 29.1 Å². The van der Waals surface area contributed by atoms with Crippen molar-refractivity contribution < 1.29 is 42.9 Å². The lowest BCUT2D eigenvalue weighted by atomic mass is 9.87. The van der Waals surface area contributed by atoms with Gasteiger partial charge in [-0.25, -0.2) is 0 Å². The van der Waals surface area contributed by atoms with E-state index in [1.807, 2.05) is 62.4 Å². The largest absolute Gasteiger partial charge is 0.379 e. The van der Waals surface area contributed by atoms with Gasteiger partial charge in [-0.3, -0.25) is 24.0 Å². The normalized spacial score (nSPS) is 13.3. The Morgan fingerprint density at radius 3 is 1.91 bits per heavy atom. The van der Waals surface area contributed by atoms with Crippen LogP contribution in [0.4, 0.5) is 5.69 Å². The van der Waals surface area contributed by atoms with E-state index in [9.17, 15) is 24.0 Å². The van der Waals surface area contributed by atoms with Crippen molar-refractivity contribution in [3.05, 3.63) is 65.2 Å². The minimum atomic E-state index is -0.586. The average molecular weight is 790 g/mol. The minimum Gasteiger partial charge on any atom is -0.379 e. The number of carbonyl (C=O) groups excluding carboxylic acids is 5. The van der Waals surface area contributed by atoms with Gasteiger partial charge in [-0.1, -0.05) is 76.8 Å². The van der Waals surface area contributed by atoms with E-state index < -0.39 is 12.0 Å². The molecule has 2 aromatic rings. The Morgan fingerprint density at radius 1 is 0.719 bits per heavy atom. The van der Waals surface area contributed by atoms with Gasteiger partial charge in [0, 0.05) is 55.7 Å². The summed E-state index contributed by atoms with van der Waals surface area (Å²) in [7, 11) is 0. The summed E-state index contributed by atoms with van der Waals surface area (Å²) in [6.45, 7) is 14.9. The summed E-state index contributed by atoms with van der Waals surface area (Å²) in [6.07, 6.45) is 1.77. The van der Waals surface area contributed by atoms with E-state index in [0.717, 1.165) is 28.8 Å². The lowest BCUT2D eigenvalue weighted by molar-refractivity contribution is -0.133. The van der Waals surface area contributed by atoms with E-state index in [1.165, 1.54) is 0 Å². The highest BCUT2D eigenvalue weighted by Crippen LogP contribution is 2.26. The van der Waals surface area contributed by atoms with E-state index in [1.54, 1.807) is 11.8 Å². The van der Waals surface area contributed by atoms with Crippen molar-refractivity contribution in [2.45, 2.75) is 92.7 Å². The topological polar surface area (TPSA) is 150 Å². The number of nitrogens with zero attached hydrogens (tertiary/aromatic N) is 1. The first-order valence-electron chi connectivity index (χ1n) is 20.2. The molecule has 57 heavy (non-hydrogen) atoms. The van der Waals surface area contributed by atoms with Gasteiger partial charge in [-0.05, 0) is 48.4 Å². The highest BCUT2D eigenvalue weighted by atomic mass is 16.6. The fraction of sp³-hybridized carbons (Fsp3) is 0.578. The molecule has 0 saturated carbocycles. The molecule has 0 spiro atoms. The predicted octanol–water partition coefficient (Wildman–Crippen LogP) is 5.42. The van der Waals surface area contributed by atoms with Crippen molar-refractivity contribution in [3.8, 4) is 11.8 Å². The quantitative estimate of drug-likeness (QED) is 0.0942. The number of para-hydroxylation sites is 1. The van der Waals surface area contributed by atoms with Crippen LogP contribution in [0.2, 0.25) is 0 Å². The van der Waals surface area contributed by atoms with Crippen molar-refractivity contribution in [3.63, 3.8) is 0 Å². The monoisotopic (exact) mass is 789 g/mol. The van der Waals surface area contributed by atoms with Crippen LogP contribution in [0.15, 0.2) is 48.5 Å². The molecule has 0 bridgehead atoms. The number of rotatable bonds is 26. The summed E-state index contributed by atoms with van der Waals surface area (Å²) in [6, 6.07) is 14.8. The van der Waals surface area contributed by atoms with Crippen LogP contribution in [-0.2, 0) is 49.5 Å². The SMILES string of the molecule is CC(C)[C@H](CC(=O)CCOCCOCCOCCOCCC(=O)NCCC(=O)N1Cc2ccccc2C#Cc2ccccc21)C(=O)N[C@@H](C)C(=O)CCC(C)(C)C. The van der Waals surface area contributed by atoms with E-state index >= 15 is 0 Å². The predicted molar refractivity (Wildman–Crippen MR) is 219 cm³/mol.